The molecule has 1 N–H and O–H groups in total. The fourth-order valence-electron chi connectivity index (χ4n) is 3.06. The number of halogens is 1. The van der Waals surface area contributed by atoms with Crippen molar-refractivity contribution in [2.24, 2.45) is 5.10 Å². The second kappa shape index (κ2) is 10.1. The highest BCUT2D eigenvalue weighted by Gasteiger charge is 2.16. The SMILES string of the molecule is CC(Oc1ccccc1Br)C(=O)N/N=C/c1cn(-c2ccccc2)nc1-c1ccccc1. The first-order chi connectivity index (χ1) is 15.6. The lowest BCUT2D eigenvalue weighted by Gasteiger charge is -2.13. The van der Waals surface area contributed by atoms with E-state index in [1.165, 1.54) is 0 Å². The van der Waals surface area contributed by atoms with E-state index in [1.54, 1.807) is 23.9 Å². The molecular formula is C25H21BrN4O2. The first-order valence-corrected chi connectivity index (χ1v) is 10.9. The molecular weight excluding hydrogens is 468 g/mol. The van der Waals surface area contributed by atoms with E-state index < -0.39 is 6.10 Å². The third-order valence-corrected chi connectivity index (χ3v) is 5.35. The lowest BCUT2D eigenvalue weighted by atomic mass is 10.1. The molecule has 0 saturated carbocycles. The van der Waals surface area contributed by atoms with Gasteiger partial charge in [0.25, 0.3) is 5.91 Å². The predicted octanol–water partition coefficient (Wildman–Crippen LogP) is 5.22. The summed E-state index contributed by atoms with van der Waals surface area (Å²) in [5.74, 6) is 0.239. The number of hydrogen-bond donors (Lipinski definition) is 1. The zero-order chi connectivity index (χ0) is 22.3. The third-order valence-electron chi connectivity index (χ3n) is 4.70. The van der Waals surface area contributed by atoms with Crippen molar-refractivity contribution in [3.8, 4) is 22.7 Å². The number of ether oxygens (including phenoxy) is 1. The van der Waals surface area contributed by atoms with E-state index in [-0.39, 0.29) is 5.91 Å². The van der Waals surface area contributed by atoms with Crippen LogP contribution >= 0.6 is 15.9 Å². The molecule has 7 heteroatoms. The van der Waals surface area contributed by atoms with Crippen LogP contribution in [0.3, 0.4) is 0 Å². The molecule has 160 valence electrons. The molecule has 1 amide bonds. The van der Waals surface area contributed by atoms with Crippen LogP contribution in [0.4, 0.5) is 0 Å². The molecule has 0 aliphatic carbocycles. The maximum Gasteiger partial charge on any atom is 0.280 e. The van der Waals surface area contributed by atoms with E-state index in [2.05, 4.69) is 26.5 Å². The molecule has 1 aromatic heterocycles. The predicted molar refractivity (Wildman–Crippen MR) is 129 cm³/mol. The van der Waals surface area contributed by atoms with Crippen molar-refractivity contribution in [2.75, 3.05) is 0 Å². The number of nitrogens with one attached hydrogen (secondary N) is 1. The van der Waals surface area contributed by atoms with Crippen molar-refractivity contribution in [2.45, 2.75) is 13.0 Å². The summed E-state index contributed by atoms with van der Waals surface area (Å²) < 4.78 is 8.29. The van der Waals surface area contributed by atoms with Gasteiger partial charge in [-0.15, -0.1) is 0 Å². The number of amides is 1. The Balaban J connectivity index is 1.52. The first-order valence-electron chi connectivity index (χ1n) is 10.1. The number of rotatable bonds is 7. The van der Waals surface area contributed by atoms with E-state index in [9.17, 15) is 4.79 Å². The highest BCUT2D eigenvalue weighted by Crippen LogP contribution is 2.25. The standard InChI is InChI=1S/C25H21BrN4O2/c1-18(32-23-15-9-8-14-22(23)26)25(31)28-27-16-20-17-30(21-12-6-3-7-13-21)29-24(20)19-10-4-2-5-11-19/h2-18H,1H3,(H,28,31)/b27-16+. The van der Waals surface area contributed by atoms with Crippen LogP contribution in [0.25, 0.3) is 16.9 Å². The summed E-state index contributed by atoms with van der Waals surface area (Å²) in [6.45, 7) is 1.67. The molecule has 0 saturated heterocycles. The molecule has 1 heterocycles. The van der Waals surface area contributed by atoms with Gasteiger partial charge in [-0.1, -0.05) is 60.7 Å². The first kappa shape index (κ1) is 21.5. The second-order valence-electron chi connectivity index (χ2n) is 7.00. The minimum absolute atomic E-state index is 0.353. The Morgan fingerprint density at radius 2 is 1.69 bits per heavy atom. The van der Waals surface area contributed by atoms with Gasteiger partial charge in [0.15, 0.2) is 6.10 Å². The Labute approximate surface area is 194 Å². The summed E-state index contributed by atoms with van der Waals surface area (Å²) >= 11 is 3.41. The quantitative estimate of drug-likeness (QED) is 0.286. The number of hydrogen-bond acceptors (Lipinski definition) is 4. The van der Waals surface area contributed by atoms with E-state index in [1.807, 2.05) is 85.1 Å². The van der Waals surface area contributed by atoms with E-state index in [0.717, 1.165) is 27.0 Å². The minimum Gasteiger partial charge on any atom is -0.480 e. The Bertz CT molecular complexity index is 1220. The topological polar surface area (TPSA) is 68.5 Å². The lowest BCUT2D eigenvalue weighted by Crippen LogP contribution is -2.33. The van der Waals surface area contributed by atoms with Gasteiger partial charge < -0.3 is 4.74 Å². The molecule has 6 nitrogen and oxygen atoms in total. The zero-order valence-corrected chi connectivity index (χ0v) is 18.9. The van der Waals surface area contributed by atoms with Gasteiger partial charge >= 0.3 is 0 Å². The molecule has 32 heavy (non-hydrogen) atoms. The summed E-state index contributed by atoms with van der Waals surface area (Å²) in [6, 6.07) is 27.1. The lowest BCUT2D eigenvalue weighted by molar-refractivity contribution is -0.127. The Hall–Kier alpha value is -3.71. The fourth-order valence-corrected chi connectivity index (χ4v) is 3.43. The van der Waals surface area contributed by atoms with Crippen molar-refractivity contribution in [1.82, 2.24) is 15.2 Å². The average molecular weight is 489 g/mol. The molecule has 3 aromatic carbocycles. The van der Waals surface area contributed by atoms with Gasteiger partial charge in [0.2, 0.25) is 0 Å². The van der Waals surface area contributed by atoms with Crippen molar-refractivity contribution in [1.29, 1.82) is 0 Å². The van der Waals surface area contributed by atoms with Gasteiger partial charge in [-0.3, -0.25) is 4.79 Å². The molecule has 4 rings (SSSR count). The summed E-state index contributed by atoms with van der Waals surface area (Å²) in [5, 5.41) is 8.88. The third kappa shape index (κ3) is 5.12. The van der Waals surface area contributed by atoms with Crippen LogP contribution in [0.15, 0.2) is 101 Å². The molecule has 1 unspecified atom stereocenters. The van der Waals surface area contributed by atoms with Crippen molar-refractivity contribution in [3.63, 3.8) is 0 Å². The molecule has 0 radical (unpaired) electrons. The zero-order valence-electron chi connectivity index (χ0n) is 17.4. The van der Waals surface area contributed by atoms with Crippen molar-refractivity contribution >= 4 is 28.1 Å². The maximum absolute atomic E-state index is 12.4. The number of nitrogens with zero attached hydrogens (tertiary/aromatic N) is 3. The van der Waals surface area contributed by atoms with Crippen LogP contribution in [-0.4, -0.2) is 28.0 Å². The number of para-hydroxylation sites is 2. The van der Waals surface area contributed by atoms with Crippen LogP contribution < -0.4 is 10.2 Å². The molecule has 0 aliphatic rings. The van der Waals surface area contributed by atoms with Gasteiger partial charge in [-0.2, -0.15) is 10.2 Å². The van der Waals surface area contributed by atoms with E-state index in [0.29, 0.717) is 5.75 Å². The van der Waals surface area contributed by atoms with Crippen LogP contribution in [-0.2, 0) is 4.79 Å². The second-order valence-corrected chi connectivity index (χ2v) is 7.86. The molecule has 0 aliphatic heterocycles. The highest BCUT2D eigenvalue weighted by molar-refractivity contribution is 9.10. The summed E-state index contributed by atoms with van der Waals surface area (Å²) in [6.07, 6.45) is 2.76. The maximum atomic E-state index is 12.4. The van der Waals surface area contributed by atoms with Crippen LogP contribution in [0.5, 0.6) is 5.75 Å². The Morgan fingerprint density at radius 3 is 2.41 bits per heavy atom. The summed E-state index contributed by atoms with van der Waals surface area (Å²) in [7, 11) is 0. The van der Waals surface area contributed by atoms with Crippen molar-refractivity contribution < 1.29 is 9.53 Å². The van der Waals surface area contributed by atoms with Gasteiger partial charge in [0, 0.05) is 17.3 Å². The highest BCUT2D eigenvalue weighted by atomic mass is 79.9. The molecule has 1 atom stereocenters. The van der Waals surface area contributed by atoms with Gasteiger partial charge in [-0.05, 0) is 47.1 Å². The molecule has 0 spiro atoms. The number of carbonyl (C=O) groups excluding carboxylic acids is 1. The largest absolute Gasteiger partial charge is 0.480 e. The fraction of sp³-hybridized carbons (Fsp3) is 0.0800. The smallest absolute Gasteiger partial charge is 0.280 e. The van der Waals surface area contributed by atoms with Gasteiger partial charge in [0.05, 0.1) is 16.4 Å². The minimum atomic E-state index is -0.716. The monoisotopic (exact) mass is 488 g/mol. The van der Waals surface area contributed by atoms with E-state index in [4.69, 9.17) is 9.84 Å². The van der Waals surface area contributed by atoms with Crippen LogP contribution in [0.2, 0.25) is 0 Å². The summed E-state index contributed by atoms with van der Waals surface area (Å²) in [5.41, 5.74) is 5.99. The van der Waals surface area contributed by atoms with Crippen LogP contribution in [0.1, 0.15) is 12.5 Å². The summed E-state index contributed by atoms with van der Waals surface area (Å²) in [4.78, 5) is 12.4. The van der Waals surface area contributed by atoms with Crippen LogP contribution in [0, 0.1) is 0 Å². The number of benzene rings is 3. The van der Waals surface area contributed by atoms with E-state index >= 15 is 0 Å². The Morgan fingerprint density at radius 1 is 1.03 bits per heavy atom. The Kier molecular flexibility index (Phi) is 6.77. The van der Waals surface area contributed by atoms with Crippen molar-refractivity contribution in [3.05, 3.63) is 101 Å². The van der Waals surface area contributed by atoms with Gasteiger partial charge in [0.1, 0.15) is 11.4 Å². The number of aromatic nitrogens is 2. The number of carbonyl (C=O) groups is 1. The number of hydrazone groups is 1. The normalized spacial score (nSPS) is 11.9. The van der Waals surface area contributed by atoms with Gasteiger partial charge in [-0.25, -0.2) is 10.1 Å². The average Bonchev–Trinajstić information content (AvgIpc) is 3.26. The molecule has 0 bridgehead atoms. The molecule has 0 fully saturated rings. The molecule has 4 aromatic rings.